The zero-order valence-corrected chi connectivity index (χ0v) is 14.6. The first-order valence-corrected chi connectivity index (χ1v) is 10.4. The summed E-state index contributed by atoms with van der Waals surface area (Å²) >= 11 is 0.204. The molecule has 0 aromatic heterocycles. The van der Waals surface area contributed by atoms with Crippen LogP contribution in [0.25, 0.3) is 0 Å². The topological polar surface area (TPSA) is 12.4 Å². The van der Waals surface area contributed by atoms with Crippen LogP contribution in [0.2, 0.25) is 0 Å². The molecule has 0 amide bonds. The van der Waals surface area contributed by atoms with E-state index in [0.29, 0.717) is 11.5 Å². The molecule has 1 nitrogen and oxygen atoms in total. The third kappa shape index (κ3) is 2.41. The number of allylic oxidation sites excluding steroid dienone is 2. The number of halogens is 1. The molecule has 4 atom stereocenters. The van der Waals surface area contributed by atoms with E-state index in [1.807, 2.05) is 0 Å². The zero-order chi connectivity index (χ0) is 13.3. The van der Waals surface area contributed by atoms with Gasteiger partial charge in [0.1, 0.15) is 0 Å². The Morgan fingerprint density at radius 1 is 1.44 bits per heavy atom. The van der Waals surface area contributed by atoms with Gasteiger partial charge in [-0.05, 0) is 0 Å². The van der Waals surface area contributed by atoms with Gasteiger partial charge in [0.25, 0.3) is 0 Å². The van der Waals surface area contributed by atoms with Gasteiger partial charge in [-0.15, -0.1) is 0 Å². The number of alkyl halides is 1. The maximum absolute atomic E-state index is 4.96. The van der Waals surface area contributed by atoms with Crippen molar-refractivity contribution in [3.63, 3.8) is 0 Å². The summed E-state index contributed by atoms with van der Waals surface area (Å²) < 4.78 is 1.44. The van der Waals surface area contributed by atoms with Gasteiger partial charge in [-0.3, -0.25) is 0 Å². The van der Waals surface area contributed by atoms with Gasteiger partial charge in [0.05, 0.1) is 0 Å². The van der Waals surface area contributed by atoms with E-state index in [4.69, 9.17) is 4.99 Å². The van der Waals surface area contributed by atoms with Crippen LogP contribution in [-0.4, -0.2) is 14.7 Å². The minimum absolute atomic E-state index is 0.204. The Morgan fingerprint density at radius 3 is 2.72 bits per heavy atom. The quantitative estimate of drug-likeness (QED) is 0.305. The SMILES string of the molecule is C/C=C1/CC[C@H](C)C2(C1)C[C@@H](N=C(C)[I-]C)[C@H]2C. The fraction of sp³-hybridized carbons (Fsp3) is 0.812. The van der Waals surface area contributed by atoms with Crippen molar-refractivity contribution >= 4 is 3.72 Å². The van der Waals surface area contributed by atoms with E-state index in [-0.39, 0.29) is 21.2 Å². The van der Waals surface area contributed by atoms with E-state index in [1.54, 1.807) is 5.57 Å². The summed E-state index contributed by atoms with van der Waals surface area (Å²) in [6.45, 7) is 9.37. The molecular formula is C16H27IN-. The van der Waals surface area contributed by atoms with Gasteiger partial charge in [0, 0.05) is 0 Å². The summed E-state index contributed by atoms with van der Waals surface area (Å²) in [5.41, 5.74) is 2.28. The first kappa shape index (κ1) is 14.5. The molecule has 18 heavy (non-hydrogen) atoms. The van der Waals surface area contributed by atoms with E-state index in [2.05, 4.69) is 38.7 Å². The van der Waals surface area contributed by atoms with Crippen molar-refractivity contribution in [1.29, 1.82) is 0 Å². The van der Waals surface area contributed by atoms with Crippen LogP contribution in [0, 0.1) is 17.3 Å². The molecule has 1 spiro atoms. The van der Waals surface area contributed by atoms with Crippen LogP contribution >= 0.6 is 0 Å². The van der Waals surface area contributed by atoms with Crippen LogP contribution in [0.4, 0.5) is 0 Å². The monoisotopic (exact) mass is 360 g/mol. The molecule has 2 fully saturated rings. The van der Waals surface area contributed by atoms with Gasteiger partial charge in [-0.1, -0.05) is 0 Å². The van der Waals surface area contributed by atoms with Crippen LogP contribution in [-0.2, 0) is 0 Å². The van der Waals surface area contributed by atoms with E-state index >= 15 is 0 Å². The van der Waals surface area contributed by atoms with Crippen LogP contribution in [0.5, 0.6) is 0 Å². The molecule has 0 bridgehead atoms. The standard InChI is InChI=1S/C16H27IN/c1-6-14-8-7-11(2)16(9-14)10-15(12(16)3)18-13(4)17-5/h6,11-12,15H,7-10H2,1-5H3/q-1/b14-6-,18-13?/t11-,12+,15+,16?/m0/s1. The third-order valence-corrected chi connectivity index (χ3v) is 7.37. The van der Waals surface area contributed by atoms with Crippen molar-refractivity contribution in [1.82, 2.24) is 0 Å². The molecule has 2 aliphatic rings. The van der Waals surface area contributed by atoms with Gasteiger partial charge in [-0.2, -0.15) is 0 Å². The molecule has 2 aliphatic carbocycles. The van der Waals surface area contributed by atoms with Crippen molar-refractivity contribution in [2.24, 2.45) is 22.2 Å². The molecule has 1 unspecified atom stereocenters. The molecule has 0 aromatic rings. The zero-order valence-electron chi connectivity index (χ0n) is 12.5. The maximum atomic E-state index is 4.96. The van der Waals surface area contributed by atoms with Crippen LogP contribution < -0.4 is 21.2 Å². The Kier molecular flexibility index (Phi) is 4.56. The number of hydrogen-bond donors (Lipinski definition) is 0. The van der Waals surface area contributed by atoms with Gasteiger partial charge < -0.3 is 0 Å². The predicted molar refractivity (Wildman–Crippen MR) is 75.8 cm³/mol. The summed E-state index contributed by atoms with van der Waals surface area (Å²) in [7, 11) is 0. The van der Waals surface area contributed by atoms with E-state index in [1.165, 1.54) is 29.4 Å². The van der Waals surface area contributed by atoms with E-state index < -0.39 is 0 Å². The number of hydrogen-bond acceptors (Lipinski definition) is 1. The second kappa shape index (κ2) is 5.64. The first-order valence-electron chi connectivity index (χ1n) is 7.21. The molecule has 0 saturated heterocycles. The normalized spacial score (nSPS) is 43.5. The summed E-state index contributed by atoms with van der Waals surface area (Å²) in [4.78, 5) is 7.28. The number of nitrogens with zero attached hydrogens (tertiary/aromatic N) is 1. The molecule has 0 radical (unpaired) electrons. The first-order chi connectivity index (χ1) is 8.53. The molecule has 0 N–H and O–H groups in total. The molecule has 2 rings (SSSR count). The fourth-order valence-corrected chi connectivity index (χ4v) is 4.55. The summed E-state index contributed by atoms with van der Waals surface area (Å²) in [6, 6.07) is 0.628. The fourth-order valence-electron chi connectivity index (χ4n) is 3.91. The van der Waals surface area contributed by atoms with Gasteiger partial charge in [0.2, 0.25) is 0 Å². The molecular weight excluding hydrogens is 333 g/mol. The molecule has 0 aromatic carbocycles. The molecule has 2 saturated carbocycles. The van der Waals surface area contributed by atoms with E-state index in [9.17, 15) is 0 Å². The Balaban J connectivity index is 2.10. The van der Waals surface area contributed by atoms with Crippen LogP contribution in [0.15, 0.2) is 16.6 Å². The average molecular weight is 360 g/mol. The van der Waals surface area contributed by atoms with Crippen molar-refractivity contribution in [2.75, 3.05) is 4.93 Å². The summed E-state index contributed by atoms with van der Waals surface area (Å²) in [6.07, 6.45) is 7.77. The molecule has 0 aliphatic heterocycles. The summed E-state index contributed by atoms with van der Waals surface area (Å²) in [5, 5.41) is 0. The van der Waals surface area contributed by atoms with Gasteiger partial charge in [0.15, 0.2) is 0 Å². The Morgan fingerprint density at radius 2 is 2.17 bits per heavy atom. The summed E-state index contributed by atoms with van der Waals surface area (Å²) in [5.74, 6) is 1.67. The van der Waals surface area contributed by atoms with Crippen LogP contribution in [0.3, 0.4) is 0 Å². The Labute approximate surface area is 123 Å². The molecule has 0 heterocycles. The number of rotatable bonds is 2. The van der Waals surface area contributed by atoms with E-state index in [0.717, 1.165) is 11.8 Å². The predicted octanol–water partition coefficient (Wildman–Crippen LogP) is 1.28. The van der Waals surface area contributed by atoms with Crippen molar-refractivity contribution in [2.45, 2.75) is 59.4 Å². The second-order valence-corrected chi connectivity index (χ2v) is 8.81. The Bertz CT molecular complexity index is 371. The van der Waals surface area contributed by atoms with Gasteiger partial charge in [-0.25, -0.2) is 0 Å². The molecule has 2 heteroatoms. The van der Waals surface area contributed by atoms with Crippen molar-refractivity contribution in [3.8, 4) is 0 Å². The second-order valence-electron chi connectivity index (χ2n) is 6.17. The Hall–Kier alpha value is 0.140. The van der Waals surface area contributed by atoms with Crippen LogP contribution in [0.1, 0.15) is 53.4 Å². The third-order valence-electron chi connectivity index (χ3n) is 5.53. The van der Waals surface area contributed by atoms with Crippen molar-refractivity contribution in [3.05, 3.63) is 11.6 Å². The number of aliphatic imine (C=N–C) groups is 1. The molecule has 104 valence electrons. The van der Waals surface area contributed by atoms with Gasteiger partial charge >= 0.3 is 123 Å². The minimum atomic E-state index is 0.204. The average Bonchev–Trinajstić information content (AvgIpc) is 2.39. The van der Waals surface area contributed by atoms with Crippen molar-refractivity contribution < 1.29 is 21.2 Å².